The molecule has 16 heavy (non-hydrogen) atoms. The highest BCUT2D eigenvalue weighted by atomic mass is 16.5. The van der Waals surface area contributed by atoms with E-state index < -0.39 is 0 Å². The fraction of sp³-hybridized carbons (Fsp3) is 0.923. The van der Waals surface area contributed by atoms with Crippen LogP contribution in [0.25, 0.3) is 0 Å². The topological polar surface area (TPSA) is 38.3 Å². The summed E-state index contributed by atoms with van der Waals surface area (Å²) in [4.78, 5) is 11.2. The molecule has 0 unspecified atom stereocenters. The van der Waals surface area contributed by atoms with Crippen molar-refractivity contribution < 1.29 is 11.0 Å². The first-order valence-electron chi connectivity index (χ1n) is 6.36. The lowest BCUT2D eigenvalue weighted by atomic mass is 9.99. The lowest BCUT2D eigenvalue weighted by Crippen LogP contribution is -2.28. The molecule has 1 N–H and O–H groups in total. The first-order valence-corrected chi connectivity index (χ1v) is 6.36. The second-order valence-corrected chi connectivity index (χ2v) is 5.48. The van der Waals surface area contributed by atoms with Crippen molar-refractivity contribution in [2.75, 3.05) is 13.2 Å². The summed E-state index contributed by atoms with van der Waals surface area (Å²) in [6.07, 6.45) is 5.74. The van der Waals surface area contributed by atoms with Crippen LogP contribution in [0.2, 0.25) is 0 Å². The van der Waals surface area contributed by atoms with E-state index in [9.17, 15) is 4.79 Å². The maximum atomic E-state index is 11.2. The number of carbonyl (C=O) groups is 1. The van der Waals surface area contributed by atoms with Crippen LogP contribution in [-0.4, -0.2) is 19.2 Å². The van der Waals surface area contributed by atoms with E-state index in [4.69, 9.17) is 4.74 Å². The highest BCUT2D eigenvalue weighted by molar-refractivity contribution is 5.67. The maximum absolute atomic E-state index is 11.2. The average Bonchev–Trinajstić information content (AvgIpc) is 2.19. The molecule has 1 amide bonds. The van der Waals surface area contributed by atoms with Gasteiger partial charge in [0.05, 0.1) is 6.61 Å². The predicted octanol–water partition coefficient (Wildman–Crippen LogP) is 3.98. The molecule has 0 saturated carbocycles. The molecule has 0 heterocycles. The van der Waals surface area contributed by atoms with Crippen LogP contribution in [0.3, 0.4) is 0 Å². The Kier molecular flexibility index (Phi) is 8.04. The number of hydrogen-bond acceptors (Lipinski definition) is 2. The van der Waals surface area contributed by atoms with Crippen molar-refractivity contribution in [3.8, 4) is 0 Å². The molecule has 0 aliphatic heterocycles. The average molecular weight is 231 g/mol. The van der Waals surface area contributed by atoms with Gasteiger partial charge in [0.2, 0.25) is 0 Å². The molecule has 3 heteroatoms. The summed E-state index contributed by atoms with van der Waals surface area (Å²) in [5.41, 5.74) is 0.0401. The van der Waals surface area contributed by atoms with Gasteiger partial charge in [-0.25, -0.2) is 4.79 Å². The maximum Gasteiger partial charge on any atom is 0.407 e. The van der Waals surface area contributed by atoms with Crippen LogP contribution in [0.5, 0.6) is 0 Å². The van der Waals surface area contributed by atoms with Gasteiger partial charge in [0, 0.05) is 7.97 Å². The Morgan fingerprint density at radius 1 is 1.19 bits per heavy atom. The highest BCUT2D eigenvalue weighted by Gasteiger charge is 2.12. The normalized spacial score (nSPS) is 11.2. The minimum Gasteiger partial charge on any atom is -0.449 e. The van der Waals surface area contributed by atoms with E-state index in [1.807, 2.05) is 20.8 Å². The fourth-order valence-corrected chi connectivity index (χ4v) is 1.25. The van der Waals surface area contributed by atoms with Crippen molar-refractivity contribution in [1.82, 2.24) is 5.32 Å². The van der Waals surface area contributed by atoms with Crippen LogP contribution in [0, 0.1) is 5.41 Å². The summed E-state index contributed by atoms with van der Waals surface area (Å²) < 4.78 is 5.08. The van der Waals surface area contributed by atoms with Crippen LogP contribution in [0.1, 0.15) is 61.2 Å². The number of alkyl carbamates (subject to hydrolysis) is 1. The molecule has 0 fully saturated rings. The van der Waals surface area contributed by atoms with E-state index in [0.717, 1.165) is 13.0 Å². The Morgan fingerprint density at radius 3 is 2.38 bits per heavy atom. The molecule has 0 aromatic heterocycles. The molecule has 98 valence electrons. The molecule has 0 aliphatic rings. The van der Waals surface area contributed by atoms with Crippen molar-refractivity contribution in [2.45, 2.75) is 59.8 Å². The zero-order valence-electron chi connectivity index (χ0n) is 11.3. The Bertz CT molecular complexity index is 190. The molecule has 0 aliphatic carbocycles. The Hall–Kier alpha value is -0.730. The van der Waals surface area contributed by atoms with Crippen molar-refractivity contribution >= 4 is 6.09 Å². The number of unbranched alkanes of at least 4 members (excludes halogenated alkanes) is 4. The van der Waals surface area contributed by atoms with Gasteiger partial charge < -0.3 is 10.1 Å². The molecule has 0 atom stereocenters. The minimum atomic E-state index is -0.287. The van der Waals surface area contributed by atoms with Crippen LogP contribution < -0.4 is 5.32 Å². The monoisotopic (exact) mass is 231 g/mol. The lowest BCUT2D eigenvalue weighted by molar-refractivity contribution is 0.106. The van der Waals surface area contributed by atoms with E-state index >= 15 is 0 Å². The standard InChI is InChI=1S/C13H27NO2.H2/c1-5-6-7-8-9-10-14-12(15)16-11-13(2,3)4;/h5-11H2,1-4H3,(H,14,15);1H. The molecular formula is C13H29NO2. The predicted molar refractivity (Wildman–Crippen MR) is 69.7 cm³/mol. The van der Waals surface area contributed by atoms with Gasteiger partial charge in [0.15, 0.2) is 0 Å². The first kappa shape index (κ1) is 15.3. The van der Waals surface area contributed by atoms with Gasteiger partial charge in [0.25, 0.3) is 0 Å². The molecule has 0 bridgehead atoms. The van der Waals surface area contributed by atoms with Gasteiger partial charge >= 0.3 is 6.09 Å². The van der Waals surface area contributed by atoms with E-state index in [-0.39, 0.29) is 12.9 Å². The molecule has 3 nitrogen and oxygen atoms in total. The van der Waals surface area contributed by atoms with E-state index in [1.165, 1.54) is 25.7 Å². The number of nitrogens with one attached hydrogen (secondary N) is 1. The third kappa shape index (κ3) is 11.3. The van der Waals surface area contributed by atoms with Gasteiger partial charge in [-0.3, -0.25) is 0 Å². The number of carbonyl (C=O) groups excluding carboxylic acids is 1. The minimum absolute atomic E-state index is 0. The summed E-state index contributed by atoms with van der Waals surface area (Å²) in [5.74, 6) is 0. The summed E-state index contributed by atoms with van der Waals surface area (Å²) >= 11 is 0. The van der Waals surface area contributed by atoms with Gasteiger partial charge in [-0.15, -0.1) is 0 Å². The molecule has 0 radical (unpaired) electrons. The summed E-state index contributed by atoms with van der Waals surface area (Å²) in [6, 6.07) is 0. The van der Waals surface area contributed by atoms with Crippen LogP contribution >= 0.6 is 0 Å². The molecule has 0 spiro atoms. The summed E-state index contributed by atoms with van der Waals surface area (Å²) in [6.45, 7) is 9.53. The van der Waals surface area contributed by atoms with E-state index in [1.54, 1.807) is 0 Å². The molecule has 0 aromatic rings. The van der Waals surface area contributed by atoms with Crippen LogP contribution in [0.15, 0.2) is 0 Å². The Morgan fingerprint density at radius 2 is 1.81 bits per heavy atom. The second kappa shape index (κ2) is 8.43. The van der Waals surface area contributed by atoms with Gasteiger partial charge in [-0.05, 0) is 11.8 Å². The Balaban J connectivity index is 0. The van der Waals surface area contributed by atoms with Crippen LogP contribution in [0.4, 0.5) is 4.79 Å². The number of ether oxygens (including phenoxy) is 1. The van der Waals surface area contributed by atoms with E-state index in [2.05, 4.69) is 12.2 Å². The third-order valence-corrected chi connectivity index (χ3v) is 2.19. The molecule has 0 aromatic carbocycles. The zero-order chi connectivity index (χ0) is 12.4. The van der Waals surface area contributed by atoms with E-state index in [0.29, 0.717) is 6.61 Å². The van der Waals surface area contributed by atoms with Gasteiger partial charge in [-0.1, -0.05) is 53.4 Å². The summed E-state index contributed by atoms with van der Waals surface area (Å²) in [7, 11) is 0. The van der Waals surface area contributed by atoms with Crippen LogP contribution in [-0.2, 0) is 4.74 Å². The van der Waals surface area contributed by atoms with Crippen molar-refractivity contribution in [2.24, 2.45) is 5.41 Å². The first-order chi connectivity index (χ1) is 7.45. The second-order valence-electron chi connectivity index (χ2n) is 5.48. The van der Waals surface area contributed by atoms with Gasteiger partial charge in [0.1, 0.15) is 0 Å². The number of rotatable bonds is 7. The third-order valence-electron chi connectivity index (χ3n) is 2.19. The highest BCUT2D eigenvalue weighted by Crippen LogP contribution is 2.12. The van der Waals surface area contributed by atoms with Gasteiger partial charge in [-0.2, -0.15) is 0 Å². The SMILES string of the molecule is CCCCCCCNC(=O)OCC(C)(C)C.[HH]. The zero-order valence-corrected chi connectivity index (χ0v) is 11.3. The van der Waals surface area contributed by atoms with Crippen molar-refractivity contribution in [3.63, 3.8) is 0 Å². The fourth-order valence-electron chi connectivity index (χ4n) is 1.25. The largest absolute Gasteiger partial charge is 0.449 e. The quantitative estimate of drug-likeness (QED) is 0.673. The molecule has 0 saturated heterocycles. The smallest absolute Gasteiger partial charge is 0.407 e. The number of amides is 1. The van der Waals surface area contributed by atoms with Crippen molar-refractivity contribution in [3.05, 3.63) is 0 Å². The van der Waals surface area contributed by atoms with Crippen molar-refractivity contribution in [1.29, 1.82) is 0 Å². The Labute approximate surface area is 101 Å². The number of hydrogen-bond donors (Lipinski definition) is 1. The summed E-state index contributed by atoms with van der Waals surface area (Å²) in [5, 5.41) is 2.77. The molecular weight excluding hydrogens is 202 g/mol. The molecule has 0 rings (SSSR count). The lowest BCUT2D eigenvalue weighted by Gasteiger charge is -2.17.